The predicted octanol–water partition coefficient (Wildman–Crippen LogP) is 2.12. The van der Waals surface area contributed by atoms with Crippen LogP contribution in [0.25, 0.3) is 0 Å². The van der Waals surface area contributed by atoms with Gasteiger partial charge in [0.05, 0.1) is 19.8 Å². The van der Waals surface area contributed by atoms with Crippen molar-refractivity contribution in [3.8, 4) is 0 Å². The van der Waals surface area contributed by atoms with Gasteiger partial charge in [-0.15, -0.1) is 0 Å². The lowest BCUT2D eigenvalue weighted by molar-refractivity contribution is -0.180. The van der Waals surface area contributed by atoms with Crippen LogP contribution in [0, 0.1) is 0 Å². The van der Waals surface area contributed by atoms with Crippen molar-refractivity contribution in [3.05, 3.63) is 35.9 Å². The lowest BCUT2D eigenvalue weighted by atomic mass is 10.1. The molecule has 0 N–H and O–H groups in total. The molecule has 1 aromatic carbocycles. The van der Waals surface area contributed by atoms with Gasteiger partial charge in [0.2, 0.25) is 0 Å². The summed E-state index contributed by atoms with van der Waals surface area (Å²) in [5, 5.41) is 0. The van der Waals surface area contributed by atoms with Crippen molar-refractivity contribution in [2.45, 2.75) is 44.6 Å². The van der Waals surface area contributed by atoms with Gasteiger partial charge in [-0.3, -0.25) is 0 Å². The van der Waals surface area contributed by atoms with Crippen molar-refractivity contribution < 1.29 is 18.9 Å². The van der Waals surface area contributed by atoms with E-state index >= 15 is 0 Å². The van der Waals surface area contributed by atoms with Crippen molar-refractivity contribution in [2.24, 2.45) is 0 Å². The van der Waals surface area contributed by atoms with Crippen LogP contribution >= 0.6 is 0 Å². The van der Waals surface area contributed by atoms with Crippen LogP contribution in [-0.2, 0) is 25.6 Å². The SMILES string of the molecule is CC1(C)OC2COC(COCc3ccccc3)C2O1. The zero-order valence-corrected chi connectivity index (χ0v) is 11.4. The van der Waals surface area contributed by atoms with Gasteiger partial charge in [0, 0.05) is 0 Å². The molecule has 3 rings (SSSR count). The third-order valence-electron chi connectivity index (χ3n) is 3.46. The third kappa shape index (κ3) is 2.98. The summed E-state index contributed by atoms with van der Waals surface area (Å²) >= 11 is 0. The summed E-state index contributed by atoms with van der Waals surface area (Å²) in [4.78, 5) is 0. The van der Waals surface area contributed by atoms with Crippen LogP contribution in [0.5, 0.6) is 0 Å². The molecule has 0 radical (unpaired) electrons. The largest absolute Gasteiger partial charge is 0.374 e. The highest BCUT2D eigenvalue weighted by molar-refractivity contribution is 5.13. The fraction of sp³-hybridized carbons (Fsp3) is 0.600. The summed E-state index contributed by atoms with van der Waals surface area (Å²) in [5.74, 6) is -0.503. The van der Waals surface area contributed by atoms with Crippen molar-refractivity contribution in [1.29, 1.82) is 0 Å². The van der Waals surface area contributed by atoms with Gasteiger partial charge in [-0.05, 0) is 19.4 Å². The van der Waals surface area contributed by atoms with Crippen LogP contribution < -0.4 is 0 Å². The van der Waals surface area contributed by atoms with E-state index in [0.29, 0.717) is 19.8 Å². The van der Waals surface area contributed by atoms with Gasteiger partial charge in [-0.2, -0.15) is 0 Å². The molecule has 104 valence electrons. The molecule has 1 aromatic rings. The molecule has 2 aliphatic rings. The van der Waals surface area contributed by atoms with E-state index in [-0.39, 0.29) is 18.3 Å². The van der Waals surface area contributed by atoms with E-state index in [1.54, 1.807) is 0 Å². The number of rotatable bonds is 4. The number of hydrogen-bond acceptors (Lipinski definition) is 4. The van der Waals surface area contributed by atoms with E-state index in [1.807, 2.05) is 32.0 Å². The molecule has 0 bridgehead atoms. The molecular formula is C15H20O4. The molecule has 2 saturated heterocycles. The van der Waals surface area contributed by atoms with E-state index in [0.717, 1.165) is 0 Å². The van der Waals surface area contributed by atoms with E-state index in [1.165, 1.54) is 5.56 Å². The van der Waals surface area contributed by atoms with E-state index in [4.69, 9.17) is 18.9 Å². The first kappa shape index (κ1) is 13.1. The molecule has 4 nitrogen and oxygen atoms in total. The second-order valence-corrected chi connectivity index (χ2v) is 5.51. The van der Waals surface area contributed by atoms with Gasteiger partial charge in [-0.1, -0.05) is 30.3 Å². The monoisotopic (exact) mass is 264 g/mol. The Morgan fingerprint density at radius 1 is 1.21 bits per heavy atom. The smallest absolute Gasteiger partial charge is 0.164 e. The summed E-state index contributed by atoms with van der Waals surface area (Å²) in [6.45, 7) is 5.60. The third-order valence-corrected chi connectivity index (χ3v) is 3.46. The van der Waals surface area contributed by atoms with Crippen LogP contribution in [0.15, 0.2) is 30.3 Å². The van der Waals surface area contributed by atoms with Crippen molar-refractivity contribution >= 4 is 0 Å². The van der Waals surface area contributed by atoms with Gasteiger partial charge in [0.25, 0.3) is 0 Å². The van der Waals surface area contributed by atoms with Gasteiger partial charge in [-0.25, -0.2) is 0 Å². The molecule has 3 unspecified atom stereocenters. The van der Waals surface area contributed by atoms with Gasteiger partial charge in [0.15, 0.2) is 5.79 Å². The quantitative estimate of drug-likeness (QED) is 0.834. The Labute approximate surface area is 113 Å². The fourth-order valence-electron chi connectivity index (χ4n) is 2.63. The average molecular weight is 264 g/mol. The number of fused-ring (bicyclic) bond motifs is 1. The van der Waals surface area contributed by atoms with Crippen LogP contribution in [0.1, 0.15) is 19.4 Å². The topological polar surface area (TPSA) is 36.9 Å². The number of benzene rings is 1. The first-order valence-electron chi connectivity index (χ1n) is 6.73. The van der Waals surface area contributed by atoms with Gasteiger partial charge >= 0.3 is 0 Å². The average Bonchev–Trinajstić information content (AvgIpc) is 2.87. The minimum absolute atomic E-state index is 0.00854. The lowest BCUT2D eigenvalue weighted by Crippen LogP contribution is -2.32. The Kier molecular flexibility index (Phi) is 3.58. The van der Waals surface area contributed by atoms with Crippen LogP contribution in [0.2, 0.25) is 0 Å². The van der Waals surface area contributed by atoms with Crippen LogP contribution in [-0.4, -0.2) is 37.3 Å². The zero-order chi connectivity index (χ0) is 13.3. The molecule has 3 atom stereocenters. The summed E-state index contributed by atoms with van der Waals surface area (Å²) in [5.41, 5.74) is 1.17. The minimum Gasteiger partial charge on any atom is -0.374 e. The normalized spacial score (nSPS) is 32.4. The molecule has 0 spiro atoms. The van der Waals surface area contributed by atoms with Crippen LogP contribution in [0.4, 0.5) is 0 Å². The molecule has 4 heteroatoms. The van der Waals surface area contributed by atoms with E-state index in [9.17, 15) is 0 Å². The van der Waals surface area contributed by atoms with Gasteiger partial charge < -0.3 is 18.9 Å². The Morgan fingerprint density at radius 2 is 2.00 bits per heavy atom. The maximum atomic E-state index is 5.86. The fourth-order valence-corrected chi connectivity index (χ4v) is 2.63. The Morgan fingerprint density at radius 3 is 2.79 bits per heavy atom. The second kappa shape index (κ2) is 5.21. The zero-order valence-electron chi connectivity index (χ0n) is 11.4. The lowest BCUT2D eigenvalue weighted by Gasteiger charge is -2.21. The summed E-state index contributed by atoms with van der Waals surface area (Å²) < 4.78 is 23.0. The molecule has 0 aliphatic carbocycles. The first-order chi connectivity index (χ1) is 9.14. The molecule has 0 saturated carbocycles. The minimum atomic E-state index is -0.503. The molecule has 0 amide bonds. The molecule has 0 aromatic heterocycles. The van der Waals surface area contributed by atoms with Crippen LogP contribution in [0.3, 0.4) is 0 Å². The highest BCUT2D eigenvalue weighted by Gasteiger charge is 2.50. The van der Waals surface area contributed by atoms with Gasteiger partial charge in [0.1, 0.15) is 18.3 Å². The highest BCUT2D eigenvalue weighted by atomic mass is 16.8. The van der Waals surface area contributed by atoms with E-state index in [2.05, 4.69) is 12.1 Å². The highest BCUT2D eigenvalue weighted by Crippen LogP contribution is 2.35. The molecule has 19 heavy (non-hydrogen) atoms. The van der Waals surface area contributed by atoms with Crippen molar-refractivity contribution in [3.63, 3.8) is 0 Å². The summed E-state index contributed by atoms with van der Waals surface area (Å²) in [6.07, 6.45) is 0.00147. The van der Waals surface area contributed by atoms with Crippen molar-refractivity contribution in [1.82, 2.24) is 0 Å². The maximum absolute atomic E-state index is 5.86. The molecule has 2 fully saturated rings. The predicted molar refractivity (Wildman–Crippen MR) is 69.7 cm³/mol. The summed E-state index contributed by atoms with van der Waals surface area (Å²) in [7, 11) is 0. The summed E-state index contributed by atoms with van der Waals surface area (Å²) in [6, 6.07) is 10.1. The number of hydrogen-bond donors (Lipinski definition) is 0. The molecular weight excluding hydrogens is 244 g/mol. The standard InChI is InChI=1S/C15H20O4/c1-15(2)18-13-10-17-12(14(13)19-15)9-16-8-11-6-4-3-5-7-11/h3-7,12-14H,8-10H2,1-2H3. The second-order valence-electron chi connectivity index (χ2n) is 5.51. The van der Waals surface area contributed by atoms with E-state index < -0.39 is 5.79 Å². The Hall–Kier alpha value is -0.940. The maximum Gasteiger partial charge on any atom is 0.164 e. The molecule has 2 heterocycles. The molecule has 2 aliphatic heterocycles. The number of ether oxygens (including phenoxy) is 4. The Balaban J connectivity index is 1.49. The Bertz CT molecular complexity index is 417. The first-order valence-corrected chi connectivity index (χ1v) is 6.73. The van der Waals surface area contributed by atoms with Crippen molar-refractivity contribution in [2.75, 3.05) is 13.2 Å².